The zero-order valence-electron chi connectivity index (χ0n) is 12.1. The molecule has 3 rings (SSSR count). The SMILES string of the molecule is Cc1nc(C(C)N(CC2CCCCN2)C2CC2)cs1. The fraction of sp³-hybridized carbons (Fsp3) is 0.800. The molecule has 1 saturated heterocycles. The van der Waals surface area contributed by atoms with Crippen molar-refractivity contribution < 1.29 is 0 Å². The van der Waals surface area contributed by atoms with Gasteiger partial charge in [-0.15, -0.1) is 11.3 Å². The van der Waals surface area contributed by atoms with Crippen LogP contribution in [-0.4, -0.2) is 35.1 Å². The third-order valence-corrected chi connectivity index (χ3v) is 5.21. The van der Waals surface area contributed by atoms with Crippen molar-refractivity contribution in [3.05, 3.63) is 16.1 Å². The quantitative estimate of drug-likeness (QED) is 0.897. The summed E-state index contributed by atoms with van der Waals surface area (Å²) < 4.78 is 0. The van der Waals surface area contributed by atoms with Gasteiger partial charge in [0, 0.05) is 24.0 Å². The molecule has 2 atom stereocenters. The molecule has 1 N–H and O–H groups in total. The first-order valence-corrected chi connectivity index (χ1v) is 8.53. The van der Waals surface area contributed by atoms with E-state index in [1.165, 1.54) is 55.9 Å². The molecule has 0 spiro atoms. The maximum atomic E-state index is 4.69. The van der Waals surface area contributed by atoms with Gasteiger partial charge in [-0.1, -0.05) is 6.42 Å². The van der Waals surface area contributed by atoms with E-state index in [1.807, 2.05) is 0 Å². The zero-order valence-corrected chi connectivity index (χ0v) is 12.9. The normalized spacial score (nSPS) is 25.7. The number of thiazole rings is 1. The third kappa shape index (κ3) is 3.36. The van der Waals surface area contributed by atoms with Crippen LogP contribution in [0.4, 0.5) is 0 Å². The molecule has 19 heavy (non-hydrogen) atoms. The third-order valence-electron chi connectivity index (χ3n) is 4.42. The standard InChI is InChI=1S/C15H25N3S/c1-11(15-10-19-12(2)17-15)18(14-6-7-14)9-13-5-3-4-8-16-13/h10-11,13-14,16H,3-9H2,1-2H3. The van der Waals surface area contributed by atoms with Crippen molar-refractivity contribution in [2.45, 2.75) is 64.1 Å². The van der Waals surface area contributed by atoms with Crippen LogP contribution in [0.1, 0.15) is 55.8 Å². The molecule has 0 amide bonds. The molecule has 0 bridgehead atoms. The van der Waals surface area contributed by atoms with Gasteiger partial charge in [-0.2, -0.15) is 0 Å². The van der Waals surface area contributed by atoms with E-state index in [-0.39, 0.29) is 0 Å². The Labute approximate surface area is 120 Å². The van der Waals surface area contributed by atoms with Gasteiger partial charge in [0.15, 0.2) is 0 Å². The highest BCUT2D eigenvalue weighted by atomic mass is 32.1. The molecular formula is C15H25N3S. The van der Waals surface area contributed by atoms with Crippen LogP contribution < -0.4 is 5.32 Å². The summed E-state index contributed by atoms with van der Waals surface area (Å²) in [6, 6.07) is 1.97. The second kappa shape index (κ2) is 5.90. The van der Waals surface area contributed by atoms with E-state index in [0.717, 1.165) is 6.04 Å². The number of nitrogens with one attached hydrogen (secondary N) is 1. The molecule has 1 saturated carbocycles. The molecule has 2 heterocycles. The first-order valence-electron chi connectivity index (χ1n) is 7.65. The van der Waals surface area contributed by atoms with Gasteiger partial charge in [0.2, 0.25) is 0 Å². The van der Waals surface area contributed by atoms with Crippen molar-refractivity contribution >= 4 is 11.3 Å². The van der Waals surface area contributed by atoms with E-state index in [9.17, 15) is 0 Å². The molecule has 0 radical (unpaired) electrons. The van der Waals surface area contributed by atoms with Crippen LogP contribution in [-0.2, 0) is 0 Å². The highest BCUT2D eigenvalue weighted by molar-refractivity contribution is 7.09. The molecule has 4 heteroatoms. The largest absolute Gasteiger partial charge is 0.313 e. The van der Waals surface area contributed by atoms with Crippen LogP contribution in [0.25, 0.3) is 0 Å². The Hall–Kier alpha value is -0.450. The van der Waals surface area contributed by atoms with Crippen molar-refractivity contribution in [3.63, 3.8) is 0 Å². The first-order chi connectivity index (χ1) is 9.24. The monoisotopic (exact) mass is 279 g/mol. The minimum Gasteiger partial charge on any atom is -0.313 e. The topological polar surface area (TPSA) is 28.2 Å². The molecule has 3 nitrogen and oxygen atoms in total. The molecule has 106 valence electrons. The lowest BCUT2D eigenvalue weighted by molar-refractivity contribution is 0.164. The summed E-state index contributed by atoms with van der Waals surface area (Å²) in [6.07, 6.45) is 6.83. The van der Waals surface area contributed by atoms with Crippen LogP contribution in [0.3, 0.4) is 0 Å². The van der Waals surface area contributed by atoms with Crippen molar-refractivity contribution in [1.29, 1.82) is 0 Å². The maximum absolute atomic E-state index is 4.69. The van der Waals surface area contributed by atoms with Crippen LogP contribution in [0, 0.1) is 6.92 Å². The summed E-state index contributed by atoms with van der Waals surface area (Å²) >= 11 is 1.77. The maximum Gasteiger partial charge on any atom is 0.0898 e. The summed E-state index contributed by atoms with van der Waals surface area (Å²) in [5.41, 5.74) is 1.27. The molecule has 2 unspecified atom stereocenters. The summed E-state index contributed by atoms with van der Waals surface area (Å²) in [5.74, 6) is 0. The Bertz CT molecular complexity index is 407. The lowest BCUT2D eigenvalue weighted by Crippen LogP contribution is -2.45. The molecule has 1 aromatic heterocycles. The average molecular weight is 279 g/mol. The Morgan fingerprint density at radius 2 is 2.26 bits per heavy atom. The van der Waals surface area contributed by atoms with Gasteiger partial charge in [-0.3, -0.25) is 4.90 Å². The Morgan fingerprint density at radius 1 is 1.42 bits per heavy atom. The highest BCUT2D eigenvalue weighted by Gasteiger charge is 2.35. The zero-order chi connectivity index (χ0) is 13.2. The predicted octanol–water partition coefficient (Wildman–Crippen LogP) is 3.12. The number of piperidine rings is 1. The van der Waals surface area contributed by atoms with Crippen molar-refractivity contribution in [1.82, 2.24) is 15.2 Å². The molecular weight excluding hydrogens is 254 g/mol. The lowest BCUT2D eigenvalue weighted by atomic mass is 10.0. The Kier molecular flexibility index (Phi) is 4.20. The van der Waals surface area contributed by atoms with Crippen LogP contribution in [0.2, 0.25) is 0 Å². The van der Waals surface area contributed by atoms with E-state index >= 15 is 0 Å². The second-order valence-corrected chi connectivity index (χ2v) is 7.10. The summed E-state index contributed by atoms with van der Waals surface area (Å²) in [7, 11) is 0. The van der Waals surface area contributed by atoms with E-state index in [2.05, 4.69) is 29.4 Å². The minimum atomic E-state index is 0.473. The molecule has 1 aliphatic heterocycles. The van der Waals surface area contributed by atoms with E-state index < -0.39 is 0 Å². The average Bonchev–Trinajstić information content (AvgIpc) is 3.18. The summed E-state index contributed by atoms with van der Waals surface area (Å²) in [4.78, 5) is 7.38. The molecule has 2 aliphatic rings. The van der Waals surface area contributed by atoms with E-state index in [0.29, 0.717) is 12.1 Å². The lowest BCUT2D eigenvalue weighted by Gasteiger charge is -2.34. The predicted molar refractivity (Wildman–Crippen MR) is 80.6 cm³/mol. The van der Waals surface area contributed by atoms with Gasteiger partial charge in [0.25, 0.3) is 0 Å². The van der Waals surface area contributed by atoms with Crippen LogP contribution in [0.15, 0.2) is 5.38 Å². The highest BCUT2D eigenvalue weighted by Crippen LogP contribution is 2.35. The molecule has 1 aliphatic carbocycles. The van der Waals surface area contributed by atoms with Crippen LogP contribution in [0.5, 0.6) is 0 Å². The molecule has 0 aromatic carbocycles. The van der Waals surface area contributed by atoms with Gasteiger partial charge in [-0.05, 0) is 46.1 Å². The Balaban J connectivity index is 1.66. The number of rotatable bonds is 5. The van der Waals surface area contributed by atoms with E-state index in [1.54, 1.807) is 11.3 Å². The van der Waals surface area contributed by atoms with E-state index in [4.69, 9.17) is 4.98 Å². The second-order valence-electron chi connectivity index (χ2n) is 6.04. The van der Waals surface area contributed by atoms with Crippen molar-refractivity contribution in [2.24, 2.45) is 0 Å². The minimum absolute atomic E-state index is 0.473. The number of aromatic nitrogens is 1. The number of aryl methyl sites for hydroxylation is 1. The summed E-state index contributed by atoms with van der Waals surface area (Å²) in [5, 5.41) is 7.11. The number of hydrogen-bond donors (Lipinski definition) is 1. The number of hydrogen-bond acceptors (Lipinski definition) is 4. The van der Waals surface area contributed by atoms with Gasteiger partial charge in [0.1, 0.15) is 0 Å². The van der Waals surface area contributed by atoms with Gasteiger partial charge in [-0.25, -0.2) is 4.98 Å². The van der Waals surface area contributed by atoms with Gasteiger partial charge in [0.05, 0.1) is 16.7 Å². The number of nitrogens with zero attached hydrogens (tertiary/aromatic N) is 2. The van der Waals surface area contributed by atoms with Gasteiger partial charge >= 0.3 is 0 Å². The smallest absolute Gasteiger partial charge is 0.0898 e. The van der Waals surface area contributed by atoms with Gasteiger partial charge < -0.3 is 5.32 Å². The Morgan fingerprint density at radius 3 is 2.84 bits per heavy atom. The fourth-order valence-corrected chi connectivity index (χ4v) is 3.80. The molecule has 2 fully saturated rings. The molecule has 1 aromatic rings. The van der Waals surface area contributed by atoms with Crippen LogP contribution >= 0.6 is 11.3 Å². The van der Waals surface area contributed by atoms with Crippen molar-refractivity contribution in [3.8, 4) is 0 Å². The first kappa shape index (κ1) is 13.5. The fourth-order valence-electron chi connectivity index (χ4n) is 3.11. The summed E-state index contributed by atoms with van der Waals surface area (Å²) in [6.45, 7) is 6.83. The van der Waals surface area contributed by atoms with Crippen molar-refractivity contribution in [2.75, 3.05) is 13.1 Å².